The van der Waals surface area contributed by atoms with Crippen molar-refractivity contribution in [3.63, 3.8) is 0 Å². The van der Waals surface area contributed by atoms with E-state index in [0.29, 0.717) is 5.56 Å². The fraction of sp³-hybridized carbons (Fsp3) is 0.160. The van der Waals surface area contributed by atoms with Gasteiger partial charge in [0.2, 0.25) is 0 Å². The predicted molar refractivity (Wildman–Crippen MR) is 111 cm³/mol. The molecule has 1 aliphatic heterocycles. The lowest BCUT2D eigenvalue weighted by Gasteiger charge is -2.45. The van der Waals surface area contributed by atoms with Crippen molar-refractivity contribution in [2.75, 3.05) is 0 Å². The molecule has 1 N–H and O–H groups in total. The molecule has 1 saturated heterocycles. The van der Waals surface area contributed by atoms with Crippen LogP contribution < -0.4 is 0 Å². The number of hydrazone groups is 1. The maximum atomic E-state index is 13.4. The Balaban J connectivity index is 1.45. The lowest BCUT2D eigenvalue weighted by molar-refractivity contribution is -0.139. The second-order valence-corrected chi connectivity index (χ2v) is 8.09. The van der Waals surface area contributed by atoms with E-state index in [1.165, 1.54) is 6.21 Å². The fourth-order valence-corrected chi connectivity index (χ4v) is 5.46. The van der Waals surface area contributed by atoms with Crippen LogP contribution in [0.2, 0.25) is 0 Å². The van der Waals surface area contributed by atoms with Gasteiger partial charge in [-0.3, -0.25) is 9.59 Å². The number of benzene rings is 3. The third-order valence-electron chi connectivity index (χ3n) is 6.64. The molecule has 1 heterocycles. The van der Waals surface area contributed by atoms with E-state index in [4.69, 9.17) is 0 Å². The zero-order chi connectivity index (χ0) is 20.4. The van der Waals surface area contributed by atoms with Gasteiger partial charge in [-0.2, -0.15) is 10.1 Å². The smallest absolute Gasteiger partial charge is 0.254 e. The van der Waals surface area contributed by atoms with Gasteiger partial charge in [0.15, 0.2) is 0 Å². The molecule has 3 aliphatic carbocycles. The first kappa shape index (κ1) is 17.2. The number of hydrogen-bond acceptors (Lipinski definition) is 4. The van der Waals surface area contributed by atoms with E-state index in [0.717, 1.165) is 27.3 Å². The zero-order valence-electron chi connectivity index (χ0n) is 16.0. The van der Waals surface area contributed by atoms with Gasteiger partial charge in [-0.05, 0) is 52.1 Å². The van der Waals surface area contributed by atoms with Crippen LogP contribution in [0.5, 0.6) is 5.75 Å². The highest BCUT2D eigenvalue weighted by Gasteiger charge is 2.61. The molecule has 0 radical (unpaired) electrons. The highest BCUT2D eigenvalue weighted by atomic mass is 16.3. The lowest BCUT2D eigenvalue weighted by Crippen LogP contribution is -2.41. The Morgan fingerprint density at radius 2 is 1.13 bits per heavy atom. The van der Waals surface area contributed by atoms with Gasteiger partial charge in [0, 0.05) is 11.8 Å². The van der Waals surface area contributed by atoms with Crippen molar-refractivity contribution in [2.24, 2.45) is 16.9 Å². The van der Waals surface area contributed by atoms with Gasteiger partial charge in [0.1, 0.15) is 5.75 Å². The molecule has 0 aromatic heterocycles. The lowest BCUT2D eigenvalue weighted by atomic mass is 9.55. The van der Waals surface area contributed by atoms with Crippen LogP contribution in [0, 0.1) is 11.8 Å². The van der Waals surface area contributed by atoms with Gasteiger partial charge >= 0.3 is 0 Å². The monoisotopic (exact) mass is 394 g/mol. The third kappa shape index (κ3) is 2.20. The number of phenols is 1. The normalized spacial score (nSPS) is 26.1. The first-order chi connectivity index (χ1) is 14.6. The highest BCUT2D eigenvalue weighted by molar-refractivity contribution is 6.08. The summed E-state index contributed by atoms with van der Waals surface area (Å²) < 4.78 is 0. The van der Waals surface area contributed by atoms with Crippen LogP contribution in [0.25, 0.3) is 0 Å². The SMILES string of the molecule is O=C1C2C3c4ccccc4C(c4ccccc43)C2C(=O)N1/N=C/c1ccc(O)cc1. The first-order valence-corrected chi connectivity index (χ1v) is 10.0. The summed E-state index contributed by atoms with van der Waals surface area (Å²) in [6.07, 6.45) is 1.49. The van der Waals surface area contributed by atoms with Crippen molar-refractivity contribution in [3.8, 4) is 5.75 Å². The number of aromatic hydroxyl groups is 1. The van der Waals surface area contributed by atoms with Crippen LogP contribution in [0.1, 0.15) is 39.7 Å². The number of imide groups is 1. The van der Waals surface area contributed by atoms with Crippen LogP contribution in [-0.4, -0.2) is 28.1 Å². The number of carbonyl (C=O) groups is 2. The minimum atomic E-state index is -0.427. The largest absolute Gasteiger partial charge is 0.508 e. The highest BCUT2D eigenvalue weighted by Crippen LogP contribution is 2.60. The molecule has 2 atom stereocenters. The number of phenolic OH excluding ortho intramolecular Hbond substituents is 1. The average molecular weight is 394 g/mol. The molecule has 5 heteroatoms. The quantitative estimate of drug-likeness (QED) is 0.533. The molecule has 0 spiro atoms. The zero-order valence-corrected chi connectivity index (χ0v) is 16.0. The molecule has 0 saturated carbocycles. The Morgan fingerprint density at radius 3 is 1.57 bits per heavy atom. The van der Waals surface area contributed by atoms with Gasteiger partial charge in [0.05, 0.1) is 18.1 Å². The van der Waals surface area contributed by atoms with Gasteiger partial charge in [0.25, 0.3) is 11.8 Å². The van der Waals surface area contributed by atoms with E-state index < -0.39 is 11.8 Å². The van der Waals surface area contributed by atoms with E-state index in [2.05, 4.69) is 29.4 Å². The number of rotatable bonds is 2. The maximum Gasteiger partial charge on any atom is 0.254 e. The number of nitrogens with zero attached hydrogens (tertiary/aromatic N) is 2. The van der Waals surface area contributed by atoms with Gasteiger partial charge < -0.3 is 5.11 Å². The average Bonchev–Trinajstić information content (AvgIpc) is 3.04. The molecule has 7 rings (SSSR count). The summed E-state index contributed by atoms with van der Waals surface area (Å²) in [5.41, 5.74) is 5.29. The Hall–Kier alpha value is -3.73. The molecule has 4 aliphatic rings. The van der Waals surface area contributed by atoms with Gasteiger partial charge in [-0.15, -0.1) is 0 Å². The van der Waals surface area contributed by atoms with E-state index in [1.807, 2.05) is 24.3 Å². The molecule has 2 amide bonds. The molecule has 3 aromatic carbocycles. The molecular weight excluding hydrogens is 376 g/mol. The van der Waals surface area contributed by atoms with Crippen LogP contribution in [0.15, 0.2) is 77.9 Å². The van der Waals surface area contributed by atoms with E-state index in [-0.39, 0.29) is 29.4 Å². The molecular formula is C25H18N2O3. The van der Waals surface area contributed by atoms with Crippen LogP contribution in [0.4, 0.5) is 0 Å². The molecule has 2 unspecified atom stereocenters. The summed E-state index contributed by atoms with van der Waals surface area (Å²) in [4.78, 5) is 26.8. The van der Waals surface area contributed by atoms with Gasteiger partial charge in [-0.25, -0.2) is 0 Å². The van der Waals surface area contributed by atoms with Crippen molar-refractivity contribution in [1.82, 2.24) is 5.01 Å². The minimum Gasteiger partial charge on any atom is -0.508 e. The minimum absolute atomic E-state index is 0.127. The van der Waals surface area contributed by atoms with E-state index in [9.17, 15) is 14.7 Å². The second kappa shape index (κ2) is 6.13. The molecule has 3 aromatic rings. The summed E-state index contributed by atoms with van der Waals surface area (Å²) in [6, 6.07) is 22.8. The number of carbonyl (C=O) groups excluding carboxylic acids is 2. The van der Waals surface area contributed by atoms with Crippen LogP contribution in [0.3, 0.4) is 0 Å². The Kier molecular flexibility index (Phi) is 3.51. The number of amides is 2. The van der Waals surface area contributed by atoms with Crippen molar-refractivity contribution < 1.29 is 14.7 Å². The van der Waals surface area contributed by atoms with E-state index >= 15 is 0 Å². The Labute approximate surface area is 173 Å². The summed E-state index contributed by atoms with van der Waals surface area (Å²) in [7, 11) is 0. The summed E-state index contributed by atoms with van der Waals surface area (Å²) >= 11 is 0. The maximum absolute atomic E-state index is 13.4. The summed E-state index contributed by atoms with van der Waals surface area (Å²) in [5, 5.41) is 14.7. The second-order valence-electron chi connectivity index (χ2n) is 8.09. The van der Waals surface area contributed by atoms with Gasteiger partial charge in [-0.1, -0.05) is 48.5 Å². The molecule has 2 bridgehead atoms. The van der Waals surface area contributed by atoms with Crippen LogP contribution in [-0.2, 0) is 9.59 Å². The molecule has 1 fully saturated rings. The molecule has 146 valence electrons. The van der Waals surface area contributed by atoms with E-state index in [1.54, 1.807) is 24.3 Å². The fourth-order valence-electron chi connectivity index (χ4n) is 5.46. The first-order valence-electron chi connectivity index (χ1n) is 10.0. The van der Waals surface area contributed by atoms with Crippen LogP contribution >= 0.6 is 0 Å². The van der Waals surface area contributed by atoms with Crippen molar-refractivity contribution in [1.29, 1.82) is 0 Å². The Morgan fingerprint density at radius 1 is 0.700 bits per heavy atom. The number of hydrogen-bond donors (Lipinski definition) is 1. The van der Waals surface area contributed by atoms with Crippen molar-refractivity contribution >= 4 is 18.0 Å². The van der Waals surface area contributed by atoms with Crippen molar-refractivity contribution in [2.45, 2.75) is 11.8 Å². The third-order valence-corrected chi connectivity index (χ3v) is 6.64. The van der Waals surface area contributed by atoms with Crippen molar-refractivity contribution in [3.05, 3.63) is 101 Å². The summed E-state index contributed by atoms with van der Waals surface area (Å²) in [6.45, 7) is 0. The summed E-state index contributed by atoms with van der Waals surface area (Å²) in [5.74, 6) is -1.43. The molecule has 5 nitrogen and oxygen atoms in total. The topological polar surface area (TPSA) is 70.0 Å². The molecule has 30 heavy (non-hydrogen) atoms. The Bertz CT molecular complexity index is 1120. The predicted octanol–water partition coefficient (Wildman–Crippen LogP) is 3.62. The standard InChI is InChI=1S/C25H18N2O3/c28-15-11-9-14(10-12-15)13-26-27-24(29)22-20-16-5-1-2-6-17(16)21(23(22)25(27)30)19-8-4-3-7-18(19)20/h1-13,20-23,28H/b26-13+.